The Hall–Kier alpha value is -2.70. The molecule has 2 heterocycles. The molecule has 0 saturated heterocycles. The molecule has 1 aromatic heterocycles. The quantitative estimate of drug-likeness (QED) is 0.721. The average molecular weight is 386 g/mol. The molecule has 1 atom stereocenters. The van der Waals surface area contributed by atoms with Gasteiger partial charge in [0.2, 0.25) is 0 Å². The van der Waals surface area contributed by atoms with Crippen molar-refractivity contribution in [3.63, 3.8) is 0 Å². The first kappa shape index (κ1) is 17.7. The molecule has 1 amide bonds. The summed E-state index contributed by atoms with van der Waals surface area (Å²) in [5, 5.41) is 7.73. The van der Waals surface area contributed by atoms with Crippen molar-refractivity contribution in [3.05, 3.63) is 81.9 Å². The second-order valence-electron chi connectivity index (χ2n) is 6.47. The molecule has 0 aliphatic carbocycles. The highest BCUT2D eigenvalue weighted by Gasteiger charge is 2.24. The molecule has 4 rings (SSSR count). The van der Waals surface area contributed by atoms with E-state index >= 15 is 0 Å². The summed E-state index contributed by atoms with van der Waals surface area (Å²) in [5.74, 6) is -0.751. The minimum absolute atomic E-state index is 0.156. The lowest BCUT2D eigenvalue weighted by atomic mass is 10.1. The highest BCUT2D eigenvalue weighted by atomic mass is 35.5. The normalized spacial score (nSPS) is 16.0. The van der Waals surface area contributed by atoms with Crippen LogP contribution in [0.15, 0.2) is 48.5 Å². The van der Waals surface area contributed by atoms with Crippen LogP contribution in [0.4, 0.5) is 10.1 Å². The van der Waals surface area contributed by atoms with Gasteiger partial charge < -0.3 is 10.1 Å². The third-order valence-corrected chi connectivity index (χ3v) is 4.79. The summed E-state index contributed by atoms with van der Waals surface area (Å²) < 4.78 is 21.3. The molecule has 0 spiro atoms. The molecule has 2 aromatic carbocycles. The van der Waals surface area contributed by atoms with E-state index in [4.69, 9.17) is 16.3 Å². The van der Waals surface area contributed by atoms with Gasteiger partial charge in [-0.3, -0.25) is 9.48 Å². The molecule has 5 nitrogen and oxygen atoms in total. The van der Waals surface area contributed by atoms with E-state index in [9.17, 15) is 9.18 Å². The molecule has 0 radical (unpaired) electrons. The fourth-order valence-electron chi connectivity index (χ4n) is 2.98. The van der Waals surface area contributed by atoms with Gasteiger partial charge in [-0.15, -0.1) is 0 Å². The smallest absolute Gasteiger partial charge is 0.276 e. The molecule has 27 heavy (non-hydrogen) atoms. The second kappa shape index (κ2) is 7.13. The fourth-order valence-corrected chi connectivity index (χ4v) is 3.11. The van der Waals surface area contributed by atoms with E-state index in [-0.39, 0.29) is 23.5 Å². The van der Waals surface area contributed by atoms with Crippen molar-refractivity contribution < 1.29 is 13.9 Å². The van der Waals surface area contributed by atoms with E-state index in [2.05, 4.69) is 10.4 Å². The van der Waals surface area contributed by atoms with Gasteiger partial charge in [0.15, 0.2) is 5.69 Å². The van der Waals surface area contributed by atoms with Gasteiger partial charge in [-0.05, 0) is 48.4 Å². The summed E-state index contributed by atoms with van der Waals surface area (Å²) in [6, 6.07) is 13.7. The van der Waals surface area contributed by atoms with Crippen molar-refractivity contribution >= 4 is 23.2 Å². The van der Waals surface area contributed by atoms with Crippen LogP contribution in [0, 0.1) is 12.7 Å². The van der Waals surface area contributed by atoms with Crippen LogP contribution in [0.3, 0.4) is 0 Å². The predicted molar refractivity (Wildman–Crippen MR) is 100 cm³/mol. The van der Waals surface area contributed by atoms with Crippen LogP contribution in [0.2, 0.25) is 5.02 Å². The van der Waals surface area contributed by atoms with Crippen LogP contribution in [-0.4, -0.2) is 15.7 Å². The van der Waals surface area contributed by atoms with Crippen LogP contribution < -0.4 is 5.32 Å². The molecule has 3 aromatic rings. The van der Waals surface area contributed by atoms with Crippen LogP contribution in [0.25, 0.3) is 0 Å². The Balaban J connectivity index is 1.50. The van der Waals surface area contributed by atoms with Crippen molar-refractivity contribution in [3.8, 4) is 0 Å². The number of carbonyl (C=O) groups excluding carboxylic acids is 1. The lowest BCUT2D eigenvalue weighted by Crippen LogP contribution is -2.22. The number of benzene rings is 2. The number of halogens is 2. The highest BCUT2D eigenvalue weighted by Crippen LogP contribution is 2.27. The van der Waals surface area contributed by atoms with E-state index < -0.39 is 0 Å². The standard InChI is InChI=1S/C20H17ClFN3O2/c1-12-2-7-15(8-17(12)22)23-20(26)18-9-16-11-27-19(10-25(16)24-18)13-3-5-14(21)6-4-13/h2-9,19H,10-11H2,1H3,(H,23,26). The maximum atomic E-state index is 13.7. The number of hydrogen-bond donors (Lipinski definition) is 1. The number of fused-ring (bicyclic) bond motifs is 1. The molecular formula is C20H17ClFN3O2. The van der Waals surface area contributed by atoms with Crippen LogP contribution >= 0.6 is 11.6 Å². The van der Waals surface area contributed by atoms with Crippen molar-refractivity contribution in [1.29, 1.82) is 0 Å². The van der Waals surface area contributed by atoms with Crippen LogP contribution in [0.1, 0.15) is 33.4 Å². The maximum absolute atomic E-state index is 13.7. The van der Waals surface area contributed by atoms with Gasteiger partial charge in [0.05, 0.1) is 18.8 Å². The number of nitrogens with one attached hydrogen (secondary N) is 1. The van der Waals surface area contributed by atoms with Gasteiger partial charge >= 0.3 is 0 Å². The molecule has 0 fully saturated rings. The van der Waals surface area contributed by atoms with Crippen molar-refractivity contribution in [2.75, 3.05) is 5.32 Å². The molecule has 138 valence electrons. The molecule has 1 aliphatic heterocycles. The first-order valence-electron chi connectivity index (χ1n) is 8.51. The Morgan fingerprint density at radius 3 is 2.78 bits per heavy atom. The number of rotatable bonds is 3. The highest BCUT2D eigenvalue weighted by molar-refractivity contribution is 6.30. The minimum Gasteiger partial charge on any atom is -0.365 e. The maximum Gasteiger partial charge on any atom is 0.276 e. The number of anilines is 1. The molecule has 0 saturated carbocycles. The number of nitrogens with zero attached hydrogens (tertiary/aromatic N) is 2. The second-order valence-corrected chi connectivity index (χ2v) is 6.91. The summed E-state index contributed by atoms with van der Waals surface area (Å²) in [4.78, 5) is 12.5. The summed E-state index contributed by atoms with van der Waals surface area (Å²) in [6.45, 7) is 2.53. The van der Waals surface area contributed by atoms with Gasteiger partial charge in [-0.25, -0.2) is 4.39 Å². The third-order valence-electron chi connectivity index (χ3n) is 4.54. The molecule has 1 aliphatic rings. The molecular weight excluding hydrogens is 369 g/mol. The zero-order chi connectivity index (χ0) is 19.0. The van der Waals surface area contributed by atoms with Crippen molar-refractivity contribution in [1.82, 2.24) is 9.78 Å². The van der Waals surface area contributed by atoms with Gasteiger partial charge in [0.1, 0.15) is 11.9 Å². The fraction of sp³-hybridized carbons (Fsp3) is 0.200. The molecule has 1 unspecified atom stereocenters. The number of aryl methyl sites for hydroxylation is 1. The largest absolute Gasteiger partial charge is 0.365 e. The predicted octanol–water partition coefficient (Wildman–Crippen LogP) is 4.51. The number of hydrogen-bond acceptors (Lipinski definition) is 3. The number of amides is 1. The Morgan fingerprint density at radius 1 is 1.26 bits per heavy atom. The zero-order valence-electron chi connectivity index (χ0n) is 14.6. The van der Waals surface area contributed by atoms with Crippen LogP contribution in [-0.2, 0) is 17.9 Å². The summed E-state index contributed by atoms with van der Waals surface area (Å²) in [5.41, 5.74) is 3.01. The lowest BCUT2D eigenvalue weighted by molar-refractivity contribution is -0.00118. The van der Waals surface area contributed by atoms with E-state index in [1.165, 1.54) is 6.07 Å². The van der Waals surface area contributed by atoms with Gasteiger partial charge in [-0.1, -0.05) is 29.8 Å². The topological polar surface area (TPSA) is 56.2 Å². The molecule has 7 heteroatoms. The Morgan fingerprint density at radius 2 is 2.04 bits per heavy atom. The van der Waals surface area contributed by atoms with E-state index in [0.717, 1.165) is 11.3 Å². The van der Waals surface area contributed by atoms with E-state index in [1.807, 2.05) is 24.3 Å². The lowest BCUT2D eigenvalue weighted by Gasteiger charge is -2.24. The van der Waals surface area contributed by atoms with Gasteiger partial charge in [0, 0.05) is 10.7 Å². The summed E-state index contributed by atoms with van der Waals surface area (Å²) in [7, 11) is 0. The molecule has 1 N–H and O–H groups in total. The minimum atomic E-state index is -0.386. The van der Waals surface area contributed by atoms with Gasteiger partial charge in [0.25, 0.3) is 5.91 Å². The van der Waals surface area contributed by atoms with E-state index in [0.29, 0.717) is 29.4 Å². The third kappa shape index (κ3) is 3.72. The number of aromatic nitrogens is 2. The van der Waals surface area contributed by atoms with Crippen molar-refractivity contribution in [2.24, 2.45) is 0 Å². The first-order chi connectivity index (χ1) is 13.0. The van der Waals surface area contributed by atoms with Crippen molar-refractivity contribution in [2.45, 2.75) is 26.2 Å². The van der Waals surface area contributed by atoms with Gasteiger partial charge in [-0.2, -0.15) is 5.10 Å². The Kier molecular flexibility index (Phi) is 4.68. The number of carbonyl (C=O) groups is 1. The molecule has 0 bridgehead atoms. The van der Waals surface area contributed by atoms with Crippen LogP contribution in [0.5, 0.6) is 0 Å². The monoisotopic (exact) mass is 385 g/mol. The summed E-state index contributed by atoms with van der Waals surface area (Å²) >= 11 is 5.93. The average Bonchev–Trinajstić information content (AvgIpc) is 3.09. The first-order valence-corrected chi connectivity index (χ1v) is 8.89. The zero-order valence-corrected chi connectivity index (χ0v) is 15.3. The summed E-state index contributed by atoms with van der Waals surface area (Å²) in [6.07, 6.45) is -0.156. The Bertz CT molecular complexity index is 1000. The Labute approximate surface area is 160 Å². The number of ether oxygens (including phenoxy) is 1. The van der Waals surface area contributed by atoms with E-state index in [1.54, 1.807) is 29.8 Å². The SMILES string of the molecule is Cc1ccc(NC(=O)c2cc3n(n2)CC(c2ccc(Cl)cc2)OC3)cc1F.